The fourth-order valence-electron chi connectivity index (χ4n) is 3.58. The molecule has 10 nitrogen and oxygen atoms in total. The lowest BCUT2D eigenvalue weighted by Gasteiger charge is -2.41. The second kappa shape index (κ2) is 16.6. The summed E-state index contributed by atoms with van der Waals surface area (Å²) in [6.45, 7) is 23.4. The van der Waals surface area contributed by atoms with Gasteiger partial charge in [-0.2, -0.15) is 5.26 Å². The van der Waals surface area contributed by atoms with Crippen molar-refractivity contribution in [2.24, 2.45) is 11.7 Å². The summed E-state index contributed by atoms with van der Waals surface area (Å²) < 4.78 is 15.1. The smallest absolute Gasteiger partial charge is 0.338 e. The van der Waals surface area contributed by atoms with Gasteiger partial charge in [-0.05, 0) is 66.4 Å². The third kappa shape index (κ3) is 10.3. The van der Waals surface area contributed by atoms with Gasteiger partial charge in [-0.3, -0.25) is 4.79 Å². The van der Waals surface area contributed by atoms with Crippen LogP contribution in [0.1, 0.15) is 67.1 Å². The molecule has 0 bridgehead atoms. The van der Waals surface area contributed by atoms with Crippen molar-refractivity contribution in [2.45, 2.75) is 67.1 Å². The Morgan fingerprint density at radius 2 is 1.64 bits per heavy atom. The van der Waals surface area contributed by atoms with Gasteiger partial charge in [0, 0.05) is 0 Å². The Labute approximate surface area is 215 Å². The maximum atomic E-state index is 12.1. The summed E-state index contributed by atoms with van der Waals surface area (Å²) in [5.41, 5.74) is 4.68. The number of furan rings is 1. The zero-order chi connectivity index (χ0) is 27.9. The van der Waals surface area contributed by atoms with Gasteiger partial charge in [0.1, 0.15) is 11.7 Å². The maximum absolute atomic E-state index is 12.1. The molecule has 36 heavy (non-hydrogen) atoms. The molecule has 10 heteroatoms. The van der Waals surface area contributed by atoms with E-state index in [1.807, 2.05) is 0 Å². The van der Waals surface area contributed by atoms with Crippen LogP contribution in [0, 0.1) is 17.2 Å². The van der Waals surface area contributed by atoms with E-state index >= 15 is 0 Å². The lowest BCUT2D eigenvalue weighted by molar-refractivity contribution is -0.894. The number of cyclic esters (lactones) is 1. The number of ether oxygens (including phenoxy) is 2. The largest absolute Gasteiger partial charge is 0.575 e. The van der Waals surface area contributed by atoms with E-state index in [1.54, 1.807) is 11.0 Å². The van der Waals surface area contributed by atoms with Crippen LogP contribution in [0.2, 0.25) is 0 Å². The molecule has 1 aromatic rings. The molecule has 2 unspecified atom stereocenters. The highest BCUT2D eigenvalue weighted by molar-refractivity contribution is 5.93. The standard InChI is InChI=1S/C14H14N2O6.2C6H15N/c1-14(2)21-12(18)10(13(19)22-14)9(7(6-15)11(16)17)8-4-3-5-20-8;2*1-4-7(5-2)6-3/h3-5,7,9,18H,1-2H3,(H2,16,17);2*4-6H2,1-3H3. The number of primary amides is 1. The Hall–Kier alpha value is -3.03. The Kier molecular flexibility index (Phi) is 15.2. The number of quaternary nitrogens is 1. The molecular weight excluding hydrogens is 464 g/mol. The number of carbonyl (C=O) groups excluding carboxylic acids is 2. The first-order valence-corrected chi connectivity index (χ1v) is 12.6. The molecule has 3 N–H and O–H groups in total. The first-order valence-electron chi connectivity index (χ1n) is 12.6. The molecule has 1 aliphatic heterocycles. The summed E-state index contributed by atoms with van der Waals surface area (Å²) in [6.07, 6.45) is 1.28. The van der Waals surface area contributed by atoms with Crippen molar-refractivity contribution in [2.75, 3.05) is 39.3 Å². The topological polar surface area (TPSA) is 146 Å². The number of nitrogens with zero attached hydrogens (tertiary/aromatic N) is 2. The molecule has 1 aliphatic rings. The summed E-state index contributed by atoms with van der Waals surface area (Å²) in [4.78, 5) is 27.7. The minimum absolute atomic E-state index is 0.0638. The van der Waals surface area contributed by atoms with E-state index in [4.69, 9.17) is 24.9 Å². The van der Waals surface area contributed by atoms with Crippen molar-refractivity contribution < 1.29 is 33.5 Å². The SMILES string of the molecule is CC1(C)OC(=O)C(C(c2ccco2)C(C#N)C(N)=O)=C([O-])O1.CCN(CC)CC.CC[NH+](CC)CC. The average Bonchev–Trinajstić information content (AvgIpc) is 3.35. The second-order valence-corrected chi connectivity index (χ2v) is 8.52. The van der Waals surface area contributed by atoms with Gasteiger partial charge in [-0.15, -0.1) is 0 Å². The highest BCUT2D eigenvalue weighted by Gasteiger charge is 2.41. The summed E-state index contributed by atoms with van der Waals surface area (Å²) >= 11 is 0. The molecule has 0 aromatic carbocycles. The van der Waals surface area contributed by atoms with Crippen molar-refractivity contribution in [3.05, 3.63) is 35.7 Å². The van der Waals surface area contributed by atoms with E-state index in [0.29, 0.717) is 0 Å². The van der Waals surface area contributed by atoms with Gasteiger partial charge >= 0.3 is 5.97 Å². The normalized spacial score (nSPS) is 16.0. The quantitative estimate of drug-likeness (QED) is 0.448. The summed E-state index contributed by atoms with van der Waals surface area (Å²) in [5, 5.41) is 21.3. The van der Waals surface area contributed by atoms with Crippen LogP contribution in [-0.2, 0) is 19.1 Å². The number of hydrogen-bond donors (Lipinski definition) is 2. The first-order chi connectivity index (χ1) is 17.0. The van der Waals surface area contributed by atoms with Crippen molar-refractivity contribution in [1.29, 1.82) is 5.26 Å². The van der Waals surface area contributed by atoms with Crippen LogP contribution in [0.3, 0.4) is 0 Å². The lowest BCUT2D eigenvalue weighted by Crippen LogP contribution is -3.11. The number of hydrogen-bond acceptors (Lipinski definition) is 8. The van der Waals surface area contributed by atoms with E-state index in [2.05, 4.69) is 46.4 Å². The molecule has 204 valence electrons. The van der Waals surface area contributed by atoms with Crippen molar-refractivity contribution >= 4 is 11.9 Å². The molecule has 0 radical (unpaired) electrons. The van der Waals surface area contributed by atoms with Gasteiger partial charge in [0.05, 0.1) is 49.4 Å². The highest BCUT2D eigenvalue weighted by atomic mass is 16.8. The zero-order valence-electron chi connectivity index (χ0n) is 23.1. The third-order valence-corrected chi connectivity index (χ3v) is 5.90. The number of nitrogens with one attached hydrogen (secondary N) is 1. The third-order valence-electron chi connectivity index (χ3n) is 5.90. The molecule has 0 aliphatic carbocycles. The van der Waals surface area contributed by atoms with Gasteiger partial charge in [0.2, 0.25) is 5.91 Å². The fraction of sp³-hybridized carbons (Fsp3) is 0.654. The molecule has 0 saturated heterocycles. The van der Waals surface area contributed by atoms with Crippen LogP contribution in [0.25, 0.3) is 0 Å². The van der Waals surface area contributed by atoms with Crippen molar-refractivity contribution in [3.8, 4) is 6.07 Å². The zero-order valence-corrected chi connectivity index (χ0v) is 23.1. The predicted molar refractivity (Wildman–Crippen MR) is 134 cm³/mol. The molecule has 1 amide bonds. The van der Waals surface area contributed by atoms with E-state index in [9.17, 15) is 14.7 Å². The second-order valence-electron chi connectivity index (χ2n) is 8.52. The van der Waals surface area contributed by atoms with E-state index in [-0.39, 0.29) is 5.76 Å². The first kappa shape index (κ1) is 33.0. The summed E-state index contributed by atoms with van der Waals surface area (Å²) in [6, 6.07) is 4.59. The monoisotopic (exact) mass is 508 g/mol. The Morgan fingerprint density at radius 1 is 1.11 bits per heavy atom. The maximum Gasteiger partial charge on any atom is 0.338 e. The van der Waals surface area contributed by atoms with Crippen LogP contribution >= 0.6 is 0 Å². The van der Waals surface area contributed by atoms with Crippen LogP contribution in [-0.4, -0.2) is 61.8 Å². The van der Waals surface area contributed by atoms with E-state index in [0.717, 1.165) is 0 Å². The molecule has 0 spiro atoms. The molecule has 2 heterocycles. The van der Waals surface area contributed by atoms with Crippen LogP contribution in [0.5, 0.6) is 0 Å². The van der Waals surface area contributed by atoms with Gasteiger partial charge in [0.15, 0.2) is 5.79 Å². The number of nitrogens with two attached hydrogens (primary N) is 1. The number of rotatable bonds is 10. The summed E-state index contributed by atoms with van der Waals surface area (Å²) in [7, 11) is 0. The van der Waals surface area contributed by atoms with Gasteiger partial charge < -0.3 is 34.5 Å². The highest BCUT2D eigenvalue weighted by Crippen LogP contribution is 2.38. The molecule has 2 rings (SSSR count). The van der Waals surface area contributed by atoms with Crippen LogP contribution in [0.15, 0.2) is 34.3 Å². The van der Waals surface area contributed by atoms with Gasteiger partial charge in [0.25, 0.3) is 0 Å². The molecule has 0 saturated carbocycles. The molecule has 1 aromatic heterocycles. The van der Waals surface area contributed by atoms with Gasteiger partial charge in [-0.1, -0.05) is 20.8 Å². The van der Waals surface area contributed by atoms with Crippen LogP contribution < -0.4 is 15.7 Å². The number of carbonyl (C=O) groups is 2. The van der Waals surface area contributed by atoms with Gasteiger partial charge in [-0.25, -0.2) is 4.79 Å². The molecular formula is C26H44N4O6. The van der Waals surface area contributed by atoms with E-state index < -0.39 is 41.0 Å². The minimum Gasteiger partial charge on any atom is -0.575 e. The number of nitriles is 1. The lowest BCUT2D eigenvalue weighted by atomic mass is 9.84. The average molecular weight is 509 g/mol. The Balaban J connectivity index is 0.000000720. The Bertz CT molecular complexity index is 829. The van der Waals surface area contributed by atoms with E-state index in [1.165, 1.54) is 71.5 Å². The number of esters is 1. The number of amides is 1. The molecule has 0 fully saturated rings. The van der Waals surface area contributed by atoms with Crippen molar-refractivity contribution in [1.82, 2.24) is 4.90 Å². The molecule has 2 atom stereocenters. The predicted octanol–water partition coefficient (Wildman–Crippen LogP) is 1.15. The van der Waals surface area contributed by atoms with Crippen molar-refractivity contribution in [3.63, 3.8) is 0 Å². The minimum atomic E-state index is -1.48. The Morgan fingerprint density at radius 3 is 1.92 bits per heavy atom. The van der Waals surface area contributed by atoms with Crippen LogP contribution in [0.4, 0.5) is 0 Å². The summed E-state index contributed by atoms with van der Waals surface area (Å²) in [5.74, 6) is -7.11. The fourth-order valence-corrected chi connectivity index (χ4v) is 3.58.